The van der Waals surface area contributed by atoms with Crippen LogP contribution in [0.1, 0.15) is 15.9 Å². The molecule has 0 aliphatic heterocycles. The highest BCUT2D eigenvalue weighted by Gasteiger charge is 2.11. The molecule has 0 fully saturated rings. The predicted molar refractivity (Wildman–Crippen MR) is 78.1 cm³/mol. The SMILES string of the molecule is COC(=O)c1ccc(Sc2ccc(C#N)cc2)cc1Cl. The Bertz CT molecular complexity index is 677. The van der Waals surface area contributed by atoms with Crippen molar-refractivity contribution in [3.05, 3.63) is 58.6 Å². The highest BCUT2D eigenvalue weighted by Crippen LogP contribution is 2.31. The molecule has 0 bridgehead atoms. The van der Waals surface area contributed by atoms with Crippen molar-refractivity contribution in [2.75, 3.05) is 7.11 Å². The molecule has 0 saturated carbocycles. The van der Waals surface area contributed by atoms with E-state index in [1.807, 2.05) is 12.1 Å². The third-order valence-corrected chi connectivity index (χ3v) is 3.88. The van der Waals surface area contributed by atoms with Crippen LogP contribution < -0.4 is 0 Å². The lowest BCUT2D eigenvalue weighted by Gasteiger charge is -2.05. The zero-order chi connectivity index (χ0) is 14.5. The lowest BCUT2D eigenvalue weighted by molar-refractivity contribution is 0.0601. The van der Waals surface area contributed by atoms with Crippen LogP contribution in [0.2, 0.25) is 5.02 Å². The van der Waals surface area contributed by atoms with Crippen molar-refractivity contribution in [2.24, 2.45) is 0 Å². The second-order valence-corrected chi connectivity index (χ2v) is 5.43. The van der Waals surface area contributed by atoms with E-state index in [1.165, 1.54) is 18.9 Å². The molecule has 0 spiro atoms. The van der Waals surface area contributed by atoms with Crippen LogP contribution in [0.15, 0.2) is 52.3 Å². The molecular formula is C15H10ClNO2S. The molecule has 0 saturated heterocycles. The van der Waals surface area contributed by atoms with Gasteiger partial charge in [0.2, 0.25) is 0 Å². The number of hydrogen-bond acceptors (Lipinski definition) is 4. The van der Waals surface area contributed by atoms with Gasteiger partial charge in [0.05, 0.1) is 29.3 Å². The summed E-state index contributed by atoms with van der Waals surface area (Å²) < 4.78 is 4.64. The zero-order valence-corrected chi connectivity index (χ0v) is 12.2. The number of carbonyl (C=O) groups excluding carboxylic acids is 1. The van der Waals surface area contributed by atoms with Crippen LogP contribution in [0.25, 0.3) is 0 Å². The van der Waals surface area contributed by atoms with Gasteiger partial charge in [-0.1, -0.05) is 23.4 Å². The summed E-state index contributed by atoms with van der Waals surface area (Å²) >= 11 is 7.56. The Morgan fingerprint density at radius 1 is 1.20 bits per heavy atom. The molecule has 2 aromatic rings. The van der Waals surface area contributed by atoms with Crippen LogP contribution in [0, 0.1) is 11.3 Å². The van der Waals surface area contributed by atoms with Gasteiger partial charge < -0.3 is 4.74 Å². The maximum Gasteiger partial charge on any atom is 0.339 e. The molecule has 100 valence electrons. The van der Waals surface area contributed by atoms with Crippen molar-refractivity contribution < 1.29 is 9.53 Å². The van der Waals surface area contributed by atoms with E-state index in [9.17, 15) is 4.79 Å². The smallest absolute Gasteiger partial charge is 0.339 e. The summed E-state index contributed by atoms with van der Waals surface area (Å²) in [5.41, 5.74) is 0.965. The molecule has 0 atom stereocenters. The fourth-order valence-corrected chi connectivity index (χ4v) is 2.75. The third kappa shape index (κ3) is 3.32. The van der Waals surface area contributed by atoms with Gasteiger partial charge in [-0.2, -0.15) is 5.26 Å². The number of ether oxygens (including phenoxy) is 1. The summed E-state index contributed by atoms with van der Waals surface area (Å²) in [5, 5.41) is 9.10. The monoisotopic (exact) mass is 303 g/mol. The first kappa shape index (κ1) is 14.4. The Morgan fingerprint density at radius 3 is 2.40 bits per heavy atom. The summed E-state index contributed by atoms with van der Waals surface area (Å²) in [4.78, 5) is 13.3. The molecule has 0 unspecified atom stereocenters. The number of nitriles is 1. The first-order valence-corrected chi connectivity index (χ1v) is 6.89. The number of hydrogen-bond donors (Lipinski definition) is 0. The lowest BCUT2D eigenvalue weighted by atomic mass is 10.2. The van der Waals surface area contributed by atoms with Crippen LogP contribution in [-0.4, -0.2) is 13.1 Å². The Labute approximate surface area is 126 Å². The largest absolute Gasteiger partial charge is 0.465 e. The van der Waals surface area contributed by atoms with Gasteiger partial charge in [-0.05, 0) is 42.5 Å². The number of carbonyl (C=O) groups is 1. The lowest BCUT2D eigenvalue weighted by Crippen LogP contribution is -2.01. The van der Waals surface area contributed by atoms with Crippen molar-refractivity contribution in [2.45, 2.75) is 9.79 Å². The van der Waals surface area contributed by atoms with Crippen LogP contribution in [0.3, 0.4) is 0 Å². The average molecular weight is 304 g/mol. The molecule has 0 aliphatic carbocycles. The topological polar surface area (TPSA) is 50.1 Å². The molecule has 0 aromatic heterocycles. The minimum Gasteiger partial charge on any atom is -0.465 e. The van der Waals surface area contributed by atoms with Crippen molar-refractivity contribution in [3.63, 3.8) is 0 Å². The van der Waals surface area contributed by atoms with Crippen LogP contribution in [-0.2, 0) is 4.74 Å². The van der Waals surface area contributed by atoms with E-state index < -0.39 is 5.97 Å². The third-order valence-electron chi connectivity index (χ3n) is 2.56. The second kappa shape index (κ2) is 6.47. The standard InChI is InChI=1S/C15H10ClNO2S/c1-19-15(18)13-7-6-12(8-14(13)16)20-11-4-2-10(9-17)3-5-11/h2-8H,1H3. The second-order valence-electron chi connectivity index (χ2n) is 3.87. The predicted octanol–water partition coefficient (Wildman–Crippen LogP) is 4.15. The van der Waals surface area contributed by atoms with Gasteiger partial charge in [0, 0.05) is 9.79 Å². The molecule has 2 rings (SSSR count). The molecule has 0 radical (unpaired) electrons. The highest BCUT2D eigenvalue weighted by molar-refractivity contribution is 7.99. The van der Waals surface area contributed by atoms with E-state index >= 15 is 0 Å². The van der Waals surface area contributed by atoms with Crippen LogP contribution in [0.4, 0.5) is 0 Å². The summed E-state index contributed by atoms with van der Waals surface area (Å²) in [7, 11) is 1.32. The van der Waals surface area contributed by atoms with E-state index in [-0.39, 0.29) is 0 Å². The Morgan fingerprint density at radius 2 is 1.85 bits per heavy atom. The molecule has 0 N–H and O–H groups in total. The maximum absolute atomic E-state index is 11.4. The van der Waals surface area contributed by atoms with Crippen molar-refractivity contribution in [1.29, 1.82) is 5.26 Å². The minimum absolute atomic E-state index is 0.346. The quantitative estimate of drug-likeness (QED) is 0.799. The maximum atomic E-state index is 11.4. The van der Waals surface area contributed by atoms with Gasteiger partial charge in [0.1, 0.15) is 0 Å². The van der Waals surface area contributed by atoms with Crippen LogP contribution in [0.5, 0.6) is 0 Å². The zero-order valence-electron chi connectivity index (χ0n) is 10.6. The first-order valence-electron chi connectivity index (χ1n) is 5.70. The number of benzene rings is 2. The number of halogens is 1. The molecule has 20 heavy (non-hydrogen) atoms. The van der Waals surface area contributed by atoms with Gasteiger partial charge in [-0.3, -0.25) is 0 Å². The molecule has 2 aromatic carbocycles. The summed E-state index contributed by atoms with van der Waals surface area (Å²) in [5.74, 6) is -0.454. The Hall–Kier alpha value is -1.96. The number of methoxy groups -OCH3 is 1. The van der Waals surface area contributed by atoms with Gasteiger partial charge in [-0.15, -0.1) is 0 Å². The van der Waals surface area contributed by atoms with Gasteiger partial charge in [0.15, 0.2) is 0 Å². The fourth-order valence-electron chi connectivity index (χ4n) is 1.57. The van der Waals surface area contributed by atoms with E-state index in [0.29, 0.717) is 16.1 Å². The van der Waals surface area contributed by atoms with E-state index in [4.69, 9.17) is 16.9 Å². The number of nitrogens with zero attached hydrogens (tertiary/aromatic N) is 1. The van der Waals surface area contributed by atoms with Gasteiger partial charge in [0.25, 0.3) is 0 Å². The van der Waals surface area contributed by atoms with Crippen molar-refractivity contribution in [3.8, 4) is 6.07 Å². The van der Waals surface area contributed by atoms with E-state index in [0.717, 1.165) is 9.79 Å². The molecule has 0 aliphatic rings. The molecular weight excluding hydrogens is 294 g/mol. The number of rotatable bonds is 3. The highest BCUT2D eigenvalue weighted by atomic mass is 35.5. The van der Waals surface area contributed by atoms with E-state index in [1.54, 1.807) is 30.3 Å². The average Bonchev–Trinajstić information content (AvgIpc) is 2.47. The Kier molecular flexibility index (Phi) is 4.67. The molecule has 3 nitrogen and oxygen atoms in total. The minimum atomic E-state index is -0.454. The van der Waals surface area contributed by atoms with Crippen molar-refractivity contribution >= 4 is 29.3 Å². The summed E-state index contributed by atoms with van der Waals surface area (Å²) in [6, 6.07) is 14.5. The van der Waals surface area contributed by atoms with Gasteiger partial charge >= 0.3 is 5.97 Å². The summed E-state index contributed by atoms with van der Waals surface area (Å²) in [6.07, 6.45) is 0. The van der Waals surface area contributed by atoms with Crippen molar-refractivity contribution in [1.82, 2.24) is 0 Å². The van der Waals surface area contributed by atoms with E-state index in [2.05, 4.69) is 10.8 Å². The first-order chi connectivity index (χ1) is 9.63. The normalized spacial score (nSPS) is 9.85. The molecule has 0 heterocycles. The van der Waals surface area contributed by atoms with Crippen LogP contribution >= 0.6 is 23.4 Å². The summed E-state index contributed by atoms with van der Waals surface area (Å²) in [6.45, 7) is 0. The Balaban J connectivity index is 2.20. The fraction of sp³-hybridized carbons (Fsp3) is 0.0667. The van der Waals surface area contributed by atoms with Gasteiger partial charge in [-0.25, -0.2) is 4.79 Å². The molecule has 0 amide bonds. The molecule has 5 heteroatoms. The number of esters is 1.